The third kappa shape index (κ3) is 8.52. The molecule has 2 aromatic rings. The summed E-state index contributed by atoms with van der Waals surface area (Å²) in [6.07, 6.45) is 0.404. The first-order valence-corrected chi connectivity index (χ1v) is 12.5. The predicted molar refractivity (Wildman–Crippen MR) is 140 cm³/mol. The summed E-state index contributed by atoms with van der Waals surface area (Å²) in [7, 11) is 0. The number of carbonyl (C=O) groups is 4. The highest BCUT2D eigenvalue weighted by molar-refractivity contribution is 5.95. The lowest BCUT2D eigenvalue weighted by Gasteiger charge is -2.27. The molecule has 0 bridgehead atoms. The molecule has 0 saturated heterocycles. The number of unbranched alkanes of at least 4 members (excludes halogenated alkanes) is 1. The normalized spacial score (nSPS) is 16.1. The molecule has 38 heavy (non-hydrogen) atoms. The molecule has 1 aromatic carbocycles. The van der Waals surface area contributed by atoms with E-state index in [9.17, 15) is 34.5 Å². The fourth-order valence-electron chi connectivity index (χ4n) is 3.94. The molecule has 6 atom stereocenters. The van der Waals surface area contributed by atoms with Gasteiger partial charge in [-0.3, -0.25) is 14.4 Å². The summed E-state index contributed by atoms with van der Waals surface area (Å²) in [4.78, 5) is 53.2. The molecular weight excluding hydrogens is 496 g/mol. The van der Waals surface area contributed by atoms with Crippen LogP contribution >= 0.6 is 0 Å². The predicted octanol–water partition coefficient (Wildman–Crippen LogP) is -1.53. The number of rotatable bonds is 15. The van der Waals surface area contributed by atoms with Gasteiger partial charge in [-0.15, -0.1) is 0 Å². The molecular formula is C25H38N6O7. The topological polar surface area (TPSA) is 233 Å². The van der Waals surface area contributed by atoms with Gasteiger partial charge < -0.3 is 47.7 Å². The van der Waals surface area contributed by atoms with Crippen LogP contribution in [0.2, 0.25) is 0 Å². The van der Waals surface area contributed by atoms with Gasteiger partial charge in [0.15, 0.2) is 0 Å². The van der Waals surface area contributed by atoms with Gasteiger partial charge in [-0.1, -0.05) is 24.6 Å². The number of carboxylic acids is 1. The van der Waals surface area contributed by atoms with E-state index in [0.29, 0.717) is 31.4 Å². The Morgan fingerprint density at radius 1 is 0.921 bits per heavy atom. The summed E-state index contributed by atoms with van der Waals surface area (Å²) in [5, 5.41) is 37.8. The Balaban J connectivity index is 2.10. The molecule has 0 aliphatic rings. The van der Waals surface area contributed by atoms with Crippen LogP contribution in [0.15, 0.2) is 30.5 Å². The number of carbonyl (C=O) groups excluding carboxylic acids is 3. The average Bonchev–Trinajstić information content (AvgIpc) is 3.27. The van der Waals surface area contributed by atoms with Crippen molar-refractivity contribution < 1.29 is 34.5 Å². The molecule has 0 radical (unpaired) electrons. The molecule has 13 heteroatoms. The molecule has 3 amide bonds. The Hall–Kier alpha value is -3.52. The molecule has 0 spiro atoms. The number of aromatic nitrogens is 1. The Morgan fingerprint density at radius 2 is 1.50 bits per heavy atom. The summed E-state index contributed by atoms with van der Waals surface area (Å²) >= 11 is 0. The van der Waals surface area contributed by atoms with Crippen molar-refractivity contribution in [3.05, 3.63) is 36.0 Å². The van der Waals surface area contributed by atoms with E-state index in [-0.39, 0.29) is 6.42 Å². The van der Waals surface area contributed by atoms with Gasteiger partial charge in [-0.2, -0.15) is 0 Å². The van der Waals surface area contributed by atoms with Crippen molar-refractivity contribution in [1.82, 2.24) is 20.9 Å². The molecule has 1 aromatic heterocycles. The summed E-state index contributed by atoms with van der Waals surface area (Å²) in [5.74, 6) is -3.88. The number of para-hydroxylation sites is 1. The van der Waals surface area contributed by atoms with Crippen molar-refractivity contribution in [1.29, 1.82) is 0 Å². The maximum atomic E-state index is 13.0. The second-order valence-corrected chi connectivity index (χ2v) is 9.31. The van der Waals surface area contributed by atoms with E-state index in [1.54, 1.807) is 12.3 Å². The number of benzene rings is 1. The van der Waals surface area contributed by atoms with E-state index < -0.39 is 60.1 Å². The maximum Gasteiger partial charge on any atom is 0.326 e. The minimum absolute atomic E-state index is 0.0556. The molecule has 0 aliphatic heterocycles. The highest BCUT2D eigenvalue weighted by atomic mass is 16.4. The number of aromatic amines is 1. The smallest absolute Gasteiger partial charge is 0.326 e. The SMILES string of the molecule is CC(O)C(NC(=O)C(N)CCCCN)C(=O)NC(C(=O)NC(Cc1c[nH]c2ccccc12)C(=O)O)C(C)O. The van der Waals surface area contributed by atoms with E-state index in [2.05, 4.69) is 20.9 Å². The van der Waals surface area contributed by atoms with Crippen molar-refractivity contribution in [2.24, 2.45) is 11.5 Å². The van der Waals surface area contributed by atoms with Crippen molar-refractivity contribution in [3.63, 3.8) is 0 Å². The Kier molecular flexibility index (Phi) is 11.7. The number of carboxylic acid groups (broad SMARTS) is 1. The van der Waals surface area contributed by atoms with Crippen molar-refractivity contribution in [2.75, 3.05) is 6.54 Å². The summed E-state index contributed by atoms with van der Waals surface area (Å²) in [6, 6.07) is 1.94. The van der Waals surface area contributed by atoms with Crippen LogP contribution in [0.3, 0.4) is 0 Å². The lowest BCUT2D eigenvalue weighted by Crippen LogP contribution is -2.62. The number of aliphatic hydroxyl groups is 2. The lowest BCUT2D eigenvalue weighted by atomic mass is 10.0. The second kappa shape index (κ2) is 14.4. The van der Waals surface area contributed by atoms with Crippen molar-refractivity contribution >= 4 is 34.6 Å². The van der Waals surface area contributed by atoms with Gasteiger partial charge in [0.05, 0.1) is 18.2 Å². The third-order valence-electron chi connectivity index (χ3n) is 6.14. The second-order valence-electron chi connectivity index (χ2n) is 9.31. The maximum absolute atomic E-state index is 13.0. The molecule has 0 saturated carbocycles. The zero-order valence-corrected chi connectivity index (χ0v) is 21.5. The van der Waals surface area contributed by atoms with Crippen LogP contribution in [0.1, 0.15) is 38.7 Å². The zero-order valence-electron chi connectivity index (χ0n) is 21.5. The first-order chi connectivity index (χ1) is 18.0. The van der Waals surface area contributed by atoms with E-state index >= 15 is 0 Å². The van der Waals surface area contributed by atoms with E-state index in [1.165, 1.54) is 13.8 Å². The van der Waals surface area contributed by atoms with Gasteiger partial charge in [-0.25, -0.2) is 4.79 Å². The largest absolute Gasteiger partial charge is 0.480 e. The number of fused-ring (bicyclic) bond motifs is 1. The Morgan fingerprint density at radius 3 is 2.08 bits per heavy atom. The number of hydrogen-bond acceptors (Lipinski definition) is 8. The van der Waals surface area contributed by atoms with Gasteiger partial charge in [0.1, 0.15) is 18.1 Å². The van der Waals surface area contributed by atoms with E-state index in [4.69, 9.17) is 11.5 Å². The average molecular weight is 535 g/mol. The molecule has 1 heterocycles. The fraction of sp³-hybridized carbons (Fsp3) is 0.520. The van der Waals surface area contributed by atoms with Crippen LogP contribution in [0.25, 0.3) is 10.9 Å². The Bertz CT molecular complexity index is 1100. The number of H-pyrrole nitrogens is 1. The fourth-order valence-corrected chi connectivity index (χ4v) is 3.94. The van der Waals surface area contributed by atoms with Crippen LogP contribution < -0.4 is 27.4 Å². The number of hydrogen-bond donors (Lipinski definition) is 9. The van der Waals surface area contributed by atoms with Gasteiger partial charge >= 0.3 is 5.97 Å². The molecule has 210 valence electrons. The van der Waals surface area contributed by atoms with Crippen LogP contribution in [0, 0.1) is 0 Å². The summed E-state index contributed by atoms with van der Waals surface area (Å²) in [6.45, 7) is 2.95. The van der Waals surface area contributed by atoms with Crippen LogP contribution in [0.5, 0.6) is 0 Å². The van der Waals surface area contributed by atoms with Crippen molar-refractivity contribution in [2.45, 2.75) is 75.9 Å². The molecule has 13 nitrogen and oxygen atoms in total. The monoisotopic (exact) mass is 534 g/mol. The highest BCUT2D eigenvalue weighted by Gasteiger charge is 2.34. The standard InChI is InChI=1S/C25H38N6O7/c1-13(32)20(31-24(36)21(14(2)33)30-22(34)17(27)8-5-6-10-26)23(35)29-19(25(37)38)11-15-12-28-18-9-4-3-7-16(15)18/h3-4,7,9,12-14,17,19-21,28,32-33H,5-6,8,10-11,26-27H2,1-2H3,(H,29,35)(H,30,34)(H,31,36)(H,37,38). The van der Waals surface area contributed by atoms with Gasteiger partial charge in [0.25, 0.3) is 0 Å². The zero-order chi connectivity index (χ0) is 28.4. The molecule has 0 aliphatic carbocycles. The lowest BCUT2D eigenvalue weighted by molar-refractivity contribution is -0.143. The first kappa shape index (κ1) is 30.7. The number of nitrogens with two attached hydrogens (primary N) is 2. The number of aliphatic carboxylic acids is 1. The van der Waals surface area contributed by atoms with Crippen LogP contribution in [-0.2, 0) is 25.6 Å². The van der Waals surface area contributed by atoms with Crippen molar-refractivity contribution in [3.8, 4) is 0 Å². The first-order valence-electron chi connectivity index (χ1n) is 12.5. The summed E-state index contributed by atoms with van der Waals surface area (Å²) in [5.41, 5.74) is 12.7. The van der Waals surface area contributed by atoms with E-state index in [0.717, 1.165) is 10.9 Å². The third-order valence-corrected chi connectivity index (χ3v) is 6.14. The number of aliphatic hydroxyl groups excluding tert-OH is 2. The molecule has 0 fully saturated rings. The van der Waals surface area contributed by atoms with Crippen LogP contribution in [0.4, 0.5) is 0 Å². The minimum atomic E-state index is -1.57. The Labute approximate surface area is 220 Å². The minimum Gasteiger partial charge on any atom is -0.480 e. The molecule has 11 N–H and O–H groups in total. The van der Waals surface area contributed by atoms with Gasteiger partial charge in [-0.05, 0) is 44.9 Å². The van der Waals surface area contributed by atoms with Crippen LogP contribution in [-0.4, -0.2) is 86.9 Å². The van der Waals surface area contributed by atoms with E-state index in [1.807, 2.05) is 18.2 Å². The quantitative estimate of drug-likeness (QED) is 0.120. The van der Waals surface area contributed by atoms with Gasteiger partial charge in [0, 0.05) is 23.5 Å². The summed E-state index contributed by atoms with van der Waals surface area (Å²) < 4.78 is 0. The van der Waals surface area contributed by atoms with Gasteiger partial charge in [0.2, 0.25) is 17.7 Å². The molecule has 6 unspecified atom stereocenters. The molecule has 2 rings (SSSR count). The number of nitrogens with one attached hydrogen (secondary N) is 4. The highest BCUT2D eigenvalue weighted by Crippen LogP contribution is 2.19. The number of amides is 3.